The molecule has 0 aliphatic carbocycles. The molecule has 0 atom stereocenters. The van der Waals surface area contributed by atoms with Crippen molar-refractivity contribution in [2.45, 2.75) is 26.7 Å². The quantitative estimate of drug-likeness (QED) is 0.630. The Morgan fingerprint density at radius 2 is 1.95 bits per heavy atom. The van der Waals surface area contributed by atoms with Gasteiger partial charge in [-0.05, 0) is 37.8 Å². The van der Waals surface area contributed by atoms with Gasteiger partial charge < -0.3 is 11.1 Å². The Bertz CT molecular complexity index is 628. The molecule has 0 amide bonds. The molecular formula is C17H25N5. The lowest BCUT2D eigenvalue weighted by Gasteiger charge is -2.06. The number of nitrogens with two attached hydrogens (primary N) is 1. The monoisotopic (exact) mass is 299 g/mol. The molecule has 3 N–H and O–H groups in total. The van der Waals surface area contributed by atoms with Gasteiger partial charge in [0.05, 0.1) is 5.69 Å². The Morgan fingerprint density at radius 1 is 1.23 bits per heavy atom. The summed E-state index contributed by atoms with van der Waals surface area (Å²) in [6.07, 6.45) is 1.81. The molecule has 0 spiro atoms. The summed E-state index contributed by atoms with van der Waals surface area (Å²) in [7, 11) is 1.97. The van der Waals surface area contributed by atoms with E-state index < -0.39 is 0 Å². The second-order valence-electron chi connectivity index (χ2n) is 5.45. The number of aromatic nitrogens is 2. The molecule has 0 saturated heterocycles. The lowest BCUT2D eigenvalue weighted by atomic mass is 10.1. The molecule has 0 aliphatic rings. The molecule has 0 saturated carbocycles. The summed E-state index contributed by atoms with van der Waals surface area (Å²) < 4.78 is 1.91. The van der Waals surface area contributed by atoms with Gasteiger partial charge in [-0.25, -0.2) is 0 Å². The first-order valence-corrected chi connectivity index (χ1v) is 7.64. The zero-order valence-electron chi connectivity index (χ0n) is 13.6. The van der Waals surface area contributed by atoms with Crippen LogP contribution < -0.4 is 11.1 Å². The van der Waals surface area contributed by atoms with Gasteiger partial charge in [-0.2, -0.15) is 5.10 Å². The van der Waals surface area contributed by atoms with Crippen molar-refractivity contribution in [3.8, 4) is 0 Å². The lowest BCUT2D eigenvalue weighted by molar-refractivity contribution is 0.730. The number of nitrogens with one attached hydrogen (secondary N) is 1. The smallest absolute Gasteiger partial charge is 0.188 e. The van der Waals surface area contributed by atoms with Crippen molar-refractivity contribution in [1.29, 1.82) is 0 Å². The van der Waals surface area contributed by atoms with Crippen LogP contribution in [-0.2, 0) is 19.9 Å². The van der Waals surface area contributed by atoms with Crippen LogP contribution in [0, 0.1) is 13.8 Å². The minimum absolute atomic E-state index is 0.509. The first kappa shape index (κ1) is 16.1. The van der Waals surface area contributed by atoms with Crippen LogP contribution in [0.2, 0.25) is 0 Å². The number of nitrogens with zero attached hydrogens (tertiary/aromatic N) is 3. The summed E-state index contributed by atoms with van der Waals surface area (Å²) in [6, 6.07) is 10.3. The van der Waals surface area contributed by atoms with Gasteiger partial charge in [-0.1, -0.05) is 30.3 Å². The number of rotatable bonds is 6. The van der Waals surface area contributed by atoms with Gasteiger partial charge in [-0.3, -0.25) is 9.67 Å². The van der Waals surface area contributed by atoms with Gasteiger partial charge in [-0.15, -0.1) is 0 Å². The fourth-order valence-electron chi connectivity index (χ4n) is 2.50. The predicted molar refractivity (Wildman–Crippen MR) is 91.0 cm³/mol. The first-order chi connectivity index (χ1) is 10.6. The van der Waals surface area contributed by atoms with Crippen molar-refractivity contribution in [2.75, 3.05) is 13.1 Å². The molecule has 0 unspecified atom stereocenters. The fraction of sp³-hybridized carbons (Fsp3) is 0.412. The summed E-state index contributed by atoms with van der Waals surface area (Å²) in [5.41, 5.74) is 10.7. The molecule has 22 heavy (non-hydrogen) atoms. The number of aliphatic imine (C=N–C) groups is 1. The van der Waals surface area contributed by atoms with E-state index in [1.54, 1.807) is 0 Å². The summed E-state index contributed by atoms with van der Waals surface area (Å²) >= 11 is 0. The first-order valence-electron chi connectivity index (χ1n) is 7.64. The molecule has 0 bridgehead atoms. The minimum atomic E-state index is 0.509. The van der Waals surface area contributed by atoms with Gasteiger partial charge >= 0.3 is 0 Å². The maximum atomic E-state index is 5.90. The van der Waals surface area contributed by atoms with Crippen LogP contribution in [0.1, 0.15) is 22.5 Å². The number of hydrogen-bond acceptors (Lipinski definition) is 2. The Balaban J connectivity index is 1.76. The van der Waals surface area contributed by atoms with E-state index in [1.165, 1.54) is 16.8 Å². The number of benzene rings is 1. The van der Waals surface area contributed by atoms with E-state index in [4.69, 9.17) is 5.73 Å². The number of hydrogen-bond donors (Lipinski definition) is 2. The molecule has 118 valence electrons. The maximum absolute atomic E-state index is 5.90. The Morgan fingerprint density at radius 3 is 2.59 bits per heavy atom. The normalized spacial score (nSPS) is 11.7. The van der Waals surface area contributed by atoms with E-state index in [2.05, 4.69) is 34.5 Å². The van der Waals surface area contributed by atoms with Crippen LogP contribution in [0.4, 0.5) is 0 Å². The number of aryl methyl sites for hydroxylation is 2. The van der Waals surface area contributed by atoms with Crippen LogP contribution in [0.15, 0.2) is 35.3 Å². The van der Waals surface area contributed by atoms with Crippen molar-refractivity contribution in [3.63, 3.8) is 0 Å². The third-order valence-corrected chi connectivity index (χ3v) is 3.87. The summed E-state index contributed by atoms with van der Waals surface area (Å²) in [4.78, 5) is 4.39. The average Bonchev–Trinajstić information content (AvgIpc) is 2.74. The van der Waals surface area contributed by atoms with E-state index in [0.717, 1.165) is 25.1 Å². The van der Waals surface area contributed by atoms with Crippen LogP contribution in [0.5, 0.6) is 0 Å². The largest absolute Gasteiger partial charge is 0.370 e. The van der Waals surface area contributed by atoms with Crippen LogP contribution in [0.25, 0.3) is 0 Å². The molecule has 1 aromatic heterocycles. The van der Waals surface area contributed by atoms with Crippen molar-refractivity contribution in [2.24, 2.45) is 17.8 Å². The topological polar surface area (TPSA) is 68.2 Å². The van der Waals surface area contributed by atoms with E-state index in [-0.39, 0.29) is 0 Å². The molecule has 0 aliphatic heterocycles. The van der Waals surface area contributed by atoms with Crippen LogP contribution >= 0.6 is 0 Å². The van der Waals surface area contributed by atoms with Gasteiger partial charge in [0.1, 0.15) is 0 Å². The Hall–Kier alpha value is -2.30. The van der Waals surface area contributed by atoms with Crippen LogP contribution in [0.3, 0.4) is 0 Å². The van der Waals surface area contributed by atoms with E-state index in [0.29, 0.717) is 12.5 Å². The summed E-state index contributed by atoms with van der Waals surface area (Å²) in [5.74, 6) is 0.509. The second-order valence-corrected chi connectivity index (χ2v) is 5.45. The van der Waals surface area contributed by atoms with Crippen molar-refractivity contribution in [3.05, 3.63) is 52.8 Å². The molecule has 0 fully saturated rings. The lowest BCUT2D eigenvalue weighted by Crippen LogP contribution is -2.33. The second kappa shape index (κ2) is 7.64. The van der Waals surface area contributed by atoms with E-state index in [1.807, 2.05) is 36.9 Å². The molecule has 1 heterocycles. The minimum Gasteiger partial charge on any atom is -0.370 e. The molecule has 5 nitrogen and oxygen atoms in total. The Kier molecular flexibility index (Phi) is 5.58. The van der Waals surface area contributed by atoms with E-state index in [9.17, 15) is 0 Å². The highest BCUT2D eigenvalue weighted by Gasteiger charge is 2.08. The highest BCUT2D eigenvalue weighted by atomic mass is 15.3. The predicted octanol–water partition coefficient (Wildman–Crippen LogP) is 1.73. The molecule has 5 heteroatoms. The zero-order chi connectivity index (χ0) is 15.9. The van der Waals surface area contributed by atoms with Gasteiger partial charge in [0.2, 0.25) is 0 Å². The summed E-state index contributed by atoms with van der Waals surface area (Å²) in [6.45, 7) is 5.59. The molecule has 2 rings (SSSR count). The maximum Gasteiger partial charge on any atom is 0.188 e. The zero-order valence-corrected chi connectivity index (χ0v) is 13.6. The van der Waals surface area contributed by atoms with E-state index >= 15 is 0 Å². The molecular weight excluding hydrogens is 274 g/mol. The third kappa shape index (κ3) is 4.35. The standard InChI is InChI=1S/C17H25N5/c1-13-16(14(2)22(3)21-13)10-12-20-17(18)19-11-9-15-7-5-4-6-8-15/h4-8H,9-12H2,1-3H3,(H3,18,19,20). The fourth-order valence-corrected chi connectivity index (χ4v) is 2.50. The summed E-state index contributed by atoms with van der Waals surface area (Å²) in [5, 5.41) is 7.57. The van der Waals surface area contributed by atoms with Gasteiger partial charge in [0.15, 0.2) is 5.96 Å². The highest BCUT2D eigenvalue weighted by Crippen LogP contribution is 2.12. The average molecular weight is 299 g/mol. The SMILES string of the molecule is Cc1nn(C)c(C)c1CCN=C(N)NCCc1ccccc1. The van der Waals surface area contributed by atoms with Crippen molar-refractivity contribution >= 4 is 5.96 Å². The van der Waals surface area contributed by atoms with Gasteiger partial charge in [0.25, 0.3) is 0 Å². The van der Waals surface area contributed by atoms with Crippen LogP contribution in [-0.4, -0.2) is 28.8 Å². The third-order valence-electron chi connectivity index (χ3n) is 3.87. The molecule has 2 aromatic rings. The molecule has 1 aromatic carbocycles. The number of guanidine groups is 1. The highest BCUT2D eigenvalue weighted by molar-refractivity contribution is 5.77. The van der Waals surface area contributed by atoms with Crippen molar-refractivity contribution < 1.29 is 0 Å². The van der Waals surface area contributed by atoms with Crippen molar-refractivity contribution in [1.82, 2.24) is 15.1 Å². The van der Waals surface area contributed by atoms with Gasteiger partial charge in [0, 0.05) is 25.8 Å². The Labute approximate surface area is 132 Å². The molecule has 0 radical (unpaired) electrons.